The average Bonchev–Trinajstić information content (AvgIpc) is 3.53. The zero-order valence-electron chi connectivity index (χ0n) is 16.6. The molecule has 2 aliphatic rings. The highest BCUT2D eigenvalue weighted by molar-refractivity contribution is 7.18. The van der Waals surface area contributed by atoms with E-state index in [2.05, 4.69) is 18.7 Å². The van der Waals surface area contributed by atoms with E-state index < -0.39 is 0 Å². The van der Waals surface area contributed by atoms with Crippen LogP contribution in [-0.4, -0.2) is 47.0 Å². The predicted octanol–water partition coefficient (Wildman–Crippen LogP) is 4.80. The molecule has 29 heavy (non-hydrogen) atoms. The quantitative estimate of drug-likeness (QED) is 0.603. The van der Waals surface area contributed by atoms with Gasteiger partial charge >= 0.3 is 0 Å². The summed E-state index contributed by atoms with van der Waals surface area (Å²) in [7, 11) is 0. The van der Waals surface area contributed by atoms with Crippen LogP contribution in [0.2, 0.25) is 5.02 Å². The van der Waals surface area contributed by atoms with Crippen LogP contribution in [0.25, 0.3) is 10.2 Å². The maximum absolute atomic E-state index is 12.8. The summed E-state index contributed by atoms with van der Waals surface area (Å²) in [4.78, 5) is 29.4. The summed E-state index contributed by atoms with van der Waals surface area (Å²) in [6.07, 6.45) is 2.38. The smallest absolute Gasteiger partial charge is 0.254 e. The number of halogens is 1. The van der Waals surface area contributed by atoms with Crippen molar-refractivity contribution < 1.29 is 4.79 Å². The van der Waals surface area contributed by atoms with Gasteiger partial charge in [0.1, 0.15) is 16.5 Å². The third-order valence-corrected chi connectivity index (χ3v) is 7.24. The number of hydrogen-bond donors (Lipinski definition) is 0. The Bertz CT molecular complexity index is 1100. The zero-order chi connectivity index (χ0) is 20.1. The average molecular weight is 427 g/mol. The van der Waals surface area contributed by atoms with Crippen LogP contribution in [0.1, 0.15) is 45.4 Å². The van der Waals surface area contributed by atoms with Crippen LogP contribution < -0.4 is 4.90 Å². The minimum absolute atomic E-state index is 0.0428. The highest BCUT2D eigenvalue weighted by Gasteiger charge is 2.31. The van der Waals surface area contributed by atoms with Crippen molar-refractivity contribution in [2.75, 3.05) is 31.1 Å². The fraction of sp³-hybridized carbons (Fsp3) is 0.409. The molecule has 0 N–H and O–H groups in total. The summed E-state index contributed by atoms with van der Waals surface area (Å²) in [5, 5.41) is 1.78. The normalized spacial score (nSPS) is 17.2. The van der Waals surface area contributed by atoms with Crippen LogP contribution in [-0.2, 0) is 0 Å². The molecule has 0 radical (unpaired) electrons. The number of nitrogens with zero attached hydrogens (tertiary/aromatic N) is 4. The molecule has 5 rings (SSSR count). The van der Waals surface area contributed by atoms with Crippen LogP contribution in [0.5, 0.6) is 0 Å². The zero-order valence-corrected chi connectivity index (χ0v) is 18.2. The van der Waals surface area contributed by atoms with Crippen molar-refractivity contribution in [3.8, 4) is 0 Å². The summed E-state index contributed by atoms with van der Waals surface area (Å²) in [5.74, 6) is 2.60. The number of fused-ring (bicyclic) bond motifs is 1. The van der Waals surface area contributed by atoms with E-state index in [1.54, 1.807) is 23.5 Å². The molecule has 0 unspecified atom stereocenters. The number of aryl methyl sites for hydroxylation is 2. The summed E-state index contributed by atoms with van der Waals surface area (Å²) < 4.78 is 0. The first-order chi connectivity index (χ1) is 14.0. The number of carbonyl (C=O) groups is 1. The summed E-state index contributed by atoms with van der Waals surface area (Å²) >= 11 is 7.82. The number of rotatable bonds is 3. The van der Waals surface area contributed by atoms with Crippen molar-refractivity contribution in [1.82, 2.24) is 14.9 Å². The van der Waals surface area contributed by atoms with Gasteiger partial charge in [0.15, 0.2) is 0 Å². The number of carbonyl (C=O) groups excluding carboxylic acids is 1. The number of hydrogen-bond acceptors (Lipinski definition) is 5. The molecular weight excluding hydrogens is 404 g/mol. The molecule has 0 spiro atoms. The van der Waals surface area contributed by atoms with Crippen molar-refractivity contribution in [1.29, 1.82) is 0 Å². The van der Waals surface area contributed by atoms with Gasteiger partial charge in [-0.25, -0.2) is 9.97 Å². The number of aromatic nitrogens is 2. The molecule has 1 amide bonds. The highest BCUT2D eigenvalue weighted by Crippen LogP contribution is 2.42. The molecule has 7 heteroatoms. The van der Waals surface area contributed by atoms with Crippen molar-refractivity contribution >= 4 is 44.9 Å². The molecule has 1 saturated carbocycles. The van der Waals surface area contributed by atoms with Gasteiger partial charge in [0.2, 0.25) is 0 Å². The van der Waals surface area contributed by atoms with E-state index in [0.29, 0.717) is 29.6 Å². The molecule has 1 saturated heterocycles. The Kier molecular flexibility index (Phi) is 4.71. The molecule has 150 valence electrons. The maximum atomic E-state index is 12.8. The van der Waals surface area contributed by atoms with Crippen molar-refractivity contribution in [3.05, 3.63) is 51.1 Å². The standard InChI is InChI=1S/C22H23ClN4OS/c1-13-14(2)29-21-18(13)20(24-19(25-21)15-6-7-15)26-8-10-27(11-9-26)22(28)16-4-3-5-17(23)12-16/h3-5,12,15H,6-11H2,1-2H3. The van der Waals surface area contributed by atoms with E-state index in [4.69, 9.17) is 21.6 Å². The van der Waals surface area contributed by atoms with Gasteiger partial charge in [0.05, 0.1) is 5.39 Å². The largest absolute Gasteiger partial charge is 0.352 e. The fourth-order valence-corrected chi connectivity index (χ4v) is 5.14. The lowest BCUT2D eigenvalue weighted by Crippen LogP contribution is -2.49. The Labute approximate surface area is 179 Å². The van der Waals surface area contributed by atoms with Gasteiger partial charge in [-0.15, -0.1) is 11.3 Å². The molecule has 3 aromatic rings. The van der Waals surface area contributed by atoms with Crippen LogP contribution in [0, 0.1) is 13.8 Å². The second-order valence-electron chi connectivity index (χ2n) is 7.93. The Balaban J connectivity index is 1.40. The van der Waals surface area contributed by atoms with E-state index in [-0.39, 0.29) is 5.91 Å². The van der Waals surface area contributed by atoms with Gasteiger partial charge in [0, 0.05) is 47.6 Å². The highest BCUT2D eigenvalue weighted by atomic mass is 35.5. The Hall–Kier alpha value is -2.18. The van der Waals surface area contributed by atoms with E-state index in [9.17, 15) is 4.79 Å². The summed E-state index contributed by atoms with van der Waals surface area (Å²) in [5.41, 5.74) is 1.93. The van der Waals surface area contributed by atoms with E-state index in [1.165, 1.54) is 28.7 Å². The van der Waals surface area contributed by atoms with Crippen LogP contribution in [0.15, 0.2) is 24.3 Å². The van der Waals surface area contributed by atoms with Gasteiger partial charge in [0.25, 0.3) is 5.91 Å². The Morgan fingerprint density at radius 2 is 1.90 bits per heavy atom. The molecule has 1 aliphatic heterocycles. The van der Waals surface area contributed by atoms with Gasteiger partial charge in [-0.05, 0) is 50.5 Å². The molecule has 2 fully saturated rings. The Morgan fingerprint density at radius 1 is 1.14 bits per heavy atom. The minimum atomic E-state index is 0.0428. The summed E-state index contributed by atoms with van der Waals surface area (Å²) in [6.45, 7) is 7.23. The van der Waals surface area contributed by atoms with Gasteiger partial charge in [-0.3, -0.25) is 4.79 Å². The molecule has 1 aliphatic carbocycles. The minimum Gasteiger partial charge on any atom is -0.352 e. The maximum Gasteiger partial charge on any atom is 0.254 e. The van der Waals surface area contributed by atoms with E-state index in [0.717, 1.165) is 29.6 Å². The molecule has 1 aromatic carbocycles. The van der Waals surface area contributed by atoms with Gasteiger partial charge in [-0.2, -0.15) is 0 Å². The third-order valence-electron chi connectivity index (χ3n) is 5.91. The lowest BCUT2D eigenvalue weighted by Gasteiger charge is -2.36. The van der Waals surface area contributed by atoms with Crippen molar-refractivity contribution in [2.45, 2.75) is 32.6 Å². The SMILES string of the molecule is Cc1sc2nc(C3CC3)nc(N3CCN(C(=O)c4cccc(Cl)c4)CC3)c2c1C. The Morgan fingerprint density at radius 3 is 2.59 bits per heavy atom. The molecule has 0 bridgehead atoms. The second-order valence-corrected chi connectivity index (χ2v) is 9.57. The van der Waals surface area contributed by atoms with Gasteiger partial charge < -0.3 is 9.80 Å². The lowest BCUT2D eigenvalue weighted by atomic mass is 10.1. The molecule has 3 heterocycles. The first kappa shape index (κ1) is 18.8. The fourth-order valence-electron chi connectivity index (χ4n) is 3.92. The first-order valence-corrected chi connectivity index (χ1v) is 11.3. The number of amides is 1. The number of anilines is 1. The van der Waals surface area contributed by atoms with Gasteiger partial charge in [-0.1, -0.05) is 17.7 Å². The molecule has 2 aromatic heterocycles. The topological polar surface area (TPSA) is 49.3 Å². The van der Waals surface area contributed by atoms with Crippen LogP contribution >= 0.6 is 22.9 Å². The summed E-state index contributed by atoms with van der Waals surface area (Å²) in [6, 6.07) is 7.18. The second kappa shape index (κ2) is 7.26. The molecular formula is C22H23ClN4OS. The van der Waals surface area contributed by atoms with Crippen molar-refractivity contribution in [2.24, 2.45) is 0 Å². The number of piperazine rings is 1. The van der Waals surface area contributed by atoms with Crippen LogP contribution in [0.3, 0.4) is 0 Å². The monoisotopic (exact) mass is 426 g/mol. The van der Waals surface area contributed by atoms with E-state index in [1.807, 2.05) is 17.0 Å². The van der Waals surface area contributed by atoms with Crippen molar-refractivity contribution in [3.63, 3.8) is 0 Å². The van der Waals surface area contributed by atoms with E-state index >= 15 is 0 Å². The number of benzene rings is 1. The first-order valence-electron chi connectivity index (χ1n) is 10.1. The third kappa shape index (κ3) is 3.49. The molecule has 0 atom stereocenters. The predicted molar refractivity (Wildman–Crippen MR) is 118 cm³/mol. The lowest BCUT2D eigenvalue weighted by molar-refractivity contribution is 0.0746. The molecule has 5 nitrogen and oxygen atoms in total. The number of thiophene rings is 1. The van der Waals surface area contributed by atoms with Crippen LogP contribution in [0.4, 0.5) is 5.82 Å².